The van der Waals surface area contributed by atoms with Crippen molar-refractivity contribution in [2.45, 2.75) is 44.9 Å². The Labute approximate surface area is 108 Å². The normalized spacial score (nSPS) is 25.1. The SMILES string of the molecule is O=C(O)CS(=O)(=O)N1CCC2(CCCCC2)CC1. The molecule has 0 bridgehead atoms. The lowest BCUT2D eigenvalue weighted by atomic mass is 9.68. The highest BCUT2D eigenvalue weighted by Crippen LogP contribution is 2.44. The number of sulfonamides is 1. The van der Waals surface area contributed by atoms with Crippen LogP contribution in [0.3, 0.4) is 0 Å². The molecule has 2 rings (SSSR count). The van der Waals surface area contributed by atoms with Crippen molar-refractivity contribution >= 4 is 16.0 Å². The predicted molar refractivity (Wildman–Crippen MR) is 67.7 cm³/mol. The van der Waals surface area contributed by atoms with Gasteiger partial charge < -0.3 is 5.11 Å². The number of aliphatic carboxylic acids is 1. The Hall–Kier alpha value is -0.620. The van der Waals surface area contributed by atoms with Crippen molar-refractivity contribution < 1.29 is 18.3 Å². The zero-order valence-electron chi connectivity index (χ0n) is 10.6. The summed E-state index contributed by atoms with van der Waals surface area (Å²) in [5.74, 6) is -2.05. The Morgan fingerprint density at radius 1 is 1.06 bits per heavy atom. The maximum atomic E-state index is 11.8. The van der Waals surface area contributed by atoms with Crippen molar-refractivity contribution in [3.8, 4) is 0 Å². The van der Waals surface area contributed by atoms with Crippen LogP contribution in [0, 0.1) is 5.41 Å². The number of nitrogens with zero attached hydrogens (tertiary/aromatic N) is 1. The molecule has 104 valence electrons. The van der Waals surface area contributed by atoms with Gasteiger partial charge >= 0.3 is 5.97 Å². The molecule has 5 nitrogen and oxygen atoms in total. The maximum Gasteiger partial charge on any atom is 0.320 e. The Bertz CT molecular complexity index is 402. The molecule has 1 N–H and O–H groups in total. The molecule has 0 atom stereocenters. The van der Waals surface area contributed by atoms with Gasteiger partial charge in [0, 0.05) is 13.1 Å². The molecular weight excluding hydrogens is 254 g/mol. The zero-order chi connectivity index (χ0) is 13.2. The summed E-state index contributed by atoms with van der Waals surface area (Å²) in [5.41, 5.74) is 0.341. The molecule has 1 spiro atoms. The summed E-state index contributed by atoms with van der Waals surface area (Å²) >= 11 is 0. The summed E-state index contributed by atoms with van der Waals surface area (Å²) in [7, 11) is -3.60. The lowest BCUT2D eigenvalue weighted by Crippen LogP contribution is -2.45. The number of hydrogen-bond acceptors (Lipinski definition) is 3. The number of carbonyl (C=O) groups is 1. The van der Waals surface area contributed by atoms with Crippen LogP contribution in [-0.4, -0.2) is 42.6 Å². The fourth-order valence-electron chi connectivity index (χ4n) is 3.29. The van der Waals surface area contributed by atoms with Gasteiger partial charge in [0.25, 0.3) is 0 Å². The summed E-state index contributed by atoms with van der Waals surface area (Å²) in [6.45, 7) is 0.991. The third-order valence-electron chi connectivity index (χ3n) is 4.40. The van der Waals surface area contributed by atoms with Crippen LogP contribution in [0.4, 0.5) is 0 Å². The molecule has 2 aliphatic rings. The molecule has 0 aromatic heterocycles. The van der Waals surface area contributed by atoms with Gasteiger partial charge in [-0.1, -0.05) is 19.3 Å². The van der Waals surface area contributed by atoms with E-state index < -0.39 is 21.7 Å². The number of piperidine rings is 1. The maximum absolute atomic E-state index is 11.8. The second kappa shape index (κ2) is 5.17. The summed E-state index contributed by atoms with van der Waals surface area (Å²) < 4.78 is 25.0. The van der Waals surface area contributed by atoms with Gasteiger partial charge in [0.05, 0.1) is 0 Å². The summed E-state index contributed by atoms with van der Waals surface area (Å²) in [6.07, 6.45) is 8.00. The number of rotatable bonds is 3. The van der Waals surface area contributed by atoms with Crippen LogP contribution in [0.15, 0.2) is 0 Å². The summed E-state index contributed by atoms with van der Waals surface area (Å²) in [6, 6.07) is 0. The average Bonchev–Trinajstić information content (AvgIpc) is 2.29. The predicted octanol–water partition coefficient (Wildman–Crippen LogP) is 1.45. The first-order valence-electron chi connectivity index (χ1n) is 6.63. The standard InChI is InChI=1S/C12H21NO4S/c14-11(15)10-18(16,17)13-8-6-12(7-9-13)4-2-1-3-5-12/h1-10H2,(H,14,15). The van der Waals surface area contributed by atoms with Crippen molar-refractivity contribution in [1.82, 2.24) is 4.31 Å². The topological polar surface area (TPSA) is 74.7 Å². The number of hydrogen-bond donors (Lipinski definition) is 1. The van der Waals surface area contributed by atoms with Gasteiger partial charge in [-0.3, -0.25) is 4.79 Å². The van der Waals surface area contributed by atoms with Gasteiger partial charge in [-0.05, 0) is 31.1 Å². The third kappa shape index (κ3) is 3.03. The first kappa shape index (κ1) is 13.8. The van der Waals surface area contributed by atoms with Crippen molar-refractivity contribution in [3.05, 3.63) is 0 Å². The van der Waals surface area contributed by atoms with Gasteiger partial charge in [-0.15, -0.1) is 0 Å². The lowest BCUT2D eigenvalue weighted by Gasteiger charge is -2.43. The van der Waals surface area contributed by atoms with Gasteiger partial charge in [0.1, 0.15) is 0 Å². The monoisotopic (exact) mass is 275 g/mol. The minimum absolute atomic E-state index is 0.341. The molecule has 2 fully saturated rings. The van der Waals surface area contributed by atoms with E-state index in [-0.39, 0.29) is 0 Å². The first-order chi connectivity index (χ1) is 8.44. The van der Waals surface area contributed by atoms with Gasteiger partial charge in [0.15, 0.2) is 5.75 Å². The van der Waals surface area contributed by atoms with E-state index in [0.717, 1.165) is 12.8 Å². The highest BCUT2D eigenvalue weighted by Gasteiger charge is 2.38. The highest BCUT2D eigenvalue weighted by atomic mass is 32.2. The zero-order valence-corrected chi connectivity index (χ0v) is 11.4. The third-order valence-corrected chi connectivity index (χ3v) is 6.16. The molecule has 1 aliphatic heterocycles. The van der Waals surface area contributed by atoms with E-state index in [2.05, 4.69) is 0 Å². The van der Waals surface area contributed by atoms with E-state index in [9.17, 15) is 13.2 Å². The molecule has 1 saturated heterocycles. The Morgan fingerprint density at radius 3 is 2.11 bits per heavy atom. The van der Waals surface area contributed by atoms with Crippen LogP contribution >= 0.6 is 0 Å². The average molecular weight is 275 g/mol. The Balaban J connectivity index is 1.95. The van der Waals surface area contributed by atoms with Crippen LogP contribution in [0.25, 0.3) is 0 Å². The minimum atomic E-state index is -3.60. The lowest BCUT2D eigenvalue weighted by molar-refractivity contribution is -0.134. The number of carboxylic acid groups (broad SMARTS) is 1. The van der Waals surface area contributed by atoms with Crippen molar-refractivity contribution in [2.24, 2.45) is 5.41 Å². The fraction of sp³-hybridized carbons (Fsp3) is 0.917. The molecule has 1 saturated carbocycles. The summed E-state index contributed by atoms with van der Waals surface area (Å²) in [5, 5.41) is 8.62. The van der Waals surface area contributed by atoms with Crippen molar-refractivity contribution in [2.75, 3.05) is 18.8 Å². The Morgan fingerprint density at radius 2 is 1.61 bits per heavy atom. The van der Waals surface area contributed by atoms with Crippen LogP contribution in [0.2, 0.25) is 0 Å². The molecule has 0 aromatic rings. The van der Waals surface area contributed by atoms with Crippen molar-refractivity contribution in [3.63, 3.8) is 0 Å². The molecule has 0 aromatic carbocycles. The van der Waals surface area contributed by atoms with Gasteiger partial charge in [-0.2, -0.15) is 0 Å². The van der Waals surface area contributed by atoms with Crippen LogP contribution in [-0.2, 0) is 14.8 Å². The number of carboxylic acids is 1. The first-order valence-corrected chi connectivity index (χ1v) is 8.24. The second-order valence-corrected chi connectivity index (χ2v) is 7.58. The molecule has 6 heteroatoms. The molecule has 0 amide bonds. The fourth-order valence-corrected chi connectivity index (χ4v) is 4.52. The van der Waals surface area contributed by atoms with E-state index in [1.807, 2.05) is 0 Å². The van der Waals surface area contributed by atoms with Gasteiger partial charge in [-0.25, -0.2) is 12.7 Å². The van der Waals surface area contributed by atoms with E-state index in [0.29, 0.717) is 18.5 Å². The van der Waals surface area contributed by atoms with Gasteiger partial charge in [0.2, 0.25) is 10.0 Å². The van der Waals surface area contributed by atoms with E-state index in [1.165, 1.54) is 36.4 Å². The molecule has 18 heavy (non-hydrogen) atoms. The van der Waals surface area contributed by atoms with E-state index in [1.54, 1.807) is 0 Å². The van der Waals surface area contributed by atoms with Crippen molar-refractivity contribution in [1.29, 1.82) is 0 Å². The summed E-state index contributed by atoms with van der Waals surface area (Å²) in [4.78, 5) is 10.5. The quantitative estimate of drug-likeness (QED) is 0.846. The Kier molecular flexibility index (Phi) is 3.96. The second-order valence-electron chi connectivity index (χ2n) is 5.61. The largest absolute Gasteiger partial charge is 0.480 e. The van der Waals surface area contributed by atoms with Crippen LogP contribution in [0.5, 0.6) is 0 Å². The molecule has 0 radical (unpaired) electrons. The molecule has 1 aliphatic carbocycles. The van der Waals surface area contributed by atoms with E-state index >= 15 is 0 Å². The molecule has 0 unspecified atom stereocenters. The van der Waals surface area contributed by atoms with Crippen LogP contribution in [0.1, 0.15) is 44.9 Å². The van der Waals surface area contributed by atoms with E-state index in [4.69, 9.17) is 5.11 Å². The highest BCUT2D eigenvalue weighted by molar-refractivity contribution is 7.89. The molecular formula is C12H21NO4S. The smallest absolute Gasteiger partial charge is 0.320 e. The molecule has 1 heterocycles. The van der Waals surface area contributed by atoms with Crippen LogP contribution < -0.4 is 0 Å². The minimum Gasteiger partial charge on any atom is -0.480 e.